The van der Waals surface area contributed by atoms with Gasteiger partial charge in [0.2, 0.25) is 0 Å². The molecule has 0 aliphatic carbocycles. The molecule has 1 unspecified atom stereocenters. The van der Waals surface area contributed by atoms with E-state index in [1.807, 2.05) is 6.20 Å². The summed E-state index contributed by atoms with van der Waals surface area (Å²) >= 11 is 1.71. The summed E-state index contributed by atoms with van der Waals surface area (Å²) in [5, 5.41) is 1.19. The second kappa shape index (κ2) is 5.27. The molecular weight excluding hydrogens is 232 g/mol. The molecule has 0 aromatic carbocycles. The van der Waals surface area contributed by atoms with Gasteiger partial charge in [-0.3, -0.25) is 9.69 Å². The summed E-state index contributed by atoms with van der Waals surface area (Å²) < 4.78 is 0. The van der Waals surface area contributed by atoms with Crippen LogP contribution in [0.25, 0.3) is 0 Å². The van der Waals surface area contributed by atoms with E-state index >= 15 is 0 Å². The minimum atomic E-state index is 0.215. The molecule has 2 heterocycles. The number of likely N-dealkylation sites (tertiary alicyclic amines) is 1. The van der Waals surface area contributed by atoms with Gasteiger partial charge in [0, 0.05) is 23.5 Å². The fourth-order valence-electron chi connectivity index (χ4n) is 2.48. The quantitative estimate of drug-likeness (QED) is 0.826. The largest absolute Gasteiger partial charge is 0.300 e. The maximum atomic E-state index is 11.1. The number of aromatic nitrogens is 1. The van der Waals surface area contributed by atoms with E-state index in [2.05, 4.69) is 23.7 Å². The predicted molar refractivity (Wildman–Crippen MR) is 70.3 cm³/mol. The molecule has 1 aliphatic rings. The lowest BCUT2D eigenvalue weighted by Gasteiger charge is -2.26. The molecule has 94 valence electrons. The lowest BCUT2D eigenvalue weighted by molar-refractivity contribution is -0.116. The average Bonchev–Trinajstić information content (AvgIpc) is 2.82. The molecule has 0 spiro atoms. The fourth-order valence-corrected chi connectivity index (χ4v) is 3.62. The zero-order valence-corrected chi connectivity index (χ0v) is 11.6. The second-order valence-electron chi connectivity index (χ2n) is 5.03. The van der Waals surface area contributed by atoms with Crippen molar-refractivity contribution in [2.45, 2.75) is 52.1 Å². The fraction of sp³-hybridized carbons (Fsp3) is 0.692. The third-order valence-corrected chi connectivity index (χ3v) is 4.34. The van der Waals surface area contributed by atoms with E-state index in [1.54, 1.807) is 18.3 Å². The molecule has 1 atom stereocenters. The van der Waals surface area contributed by atoms with Crippen molar-refractivity contribution in [2.75, 3.05) is 6.54 Å². The number of nitrogens with zero attached hydrogens (tertiary/aromatic N) is 2. The molecule has 1 aliphatic heterocycles. The van der Waals surface area contributed by atoms with Crippen molar-refractivity contribution >= 4 is 17.1 Å². The SMILES string of the molecule is CC(=O)Cc1cnc(C2CCCN2C(C)C)s1. The van der Waals surface area contributed by atoms with Crippen LogP contribution in [-0.4, -0.2) is 28.3 Å². The van der Waals surface area contributed by atoms with Gasteiger partial charge >= 0.3 is 0 Å². The molecule has 4 heteroatoms. The van der Waals surface area contributed by atoms with Crippen LogP contribution in [0.15, 0.2) is 6.20 Å². The Morgan fingerprint density at radius 3 is 3.06 bits per heavy atom. The molecule has 0 radical (unpaired) electrons. The van der Waals surface area contributed by atoms with Gasteiger partial charge in [0.25, 0.3) is 0 Å². The monoisotopic (exact) mass is 252 g/mol. The number of rotatable bonds is 4. The van der Waals surface area contributed by atoms with Gasteiger partial charge in [-0.25, -0.2) is 4.98 Å². The Labute approximate surface area is 107 Å². The first-order valence-corrected chi connectivity index (χ1v) is 7.09. The number of hydrogen-bond acceptors (Lipinski definition) is 4. The Morgan fingerprint density at radius 2 is 2.41 bits per heavy atom. The molecule has 0 amide bonds. The van der Waals surface area contributed by atoms with Crippen LogP contribution in [0.3, 0.4) is 0 Å². The molecule has 1 aromatic heterocycles. The van der Waals surface area contributed by atoms with E-state index in [1.165, 1.54) is 24.4 Å². The number of carbonyl (C=O) groups excluding carboxylic acids is 1. The van der Waals surface area contributed by atoms with E-state index in [9.17, 15) is 4.79 Å². The number of carbonyl (C=O) groups is 1. The van der Waals surface area contributed by atoms with Gasteiger partial charge in [-0.05, 0) is 40.2 Å². The predicted octanol–water partition coefficient (Wildman–Crippen LogP) is 2.82. The normalized spacial score (nSPS) is 21.3. The lowest BCUT2D eigenvalue weighted by Crippen LogP contribution is -2.30. The number of thiazole rings is 1. The molecule has 1 aromatic rings. The number of hydrogen-bond donors (Lipinski definition) is 0. The summed E-state index contributed by atoms with van der Waals surface area (Å²) in [6.07, 6.45) is 4.86. The van der Waals surface area contributed by atoms with Crippen molar-refractivity contribution < 1.29 is 4.79 Å². The van der Waals surface area contributed by atoms with Gasteiger partial charge in [-0.2, -0.15) is 0 Å². The maximum Gasteiger partial charge on any atom is 0.135 e. The summed E-state index contributed by atoms with van der Waals surface area (Å²) in [5.74, 6) is 0.215. The maximum absolute atomic E-state index is 11.1. The Balaban J connectivity index is 2.11. The highest BCUT2D eigenvalue weighted by Crippen LogP contribution is 2.35. The highest BCUT2D eigenvalue weighted by Gasteiger charge is 2.29. The zero-order valence-electron chi connectivity index (χ0n) is 10.8. The molecule has 3 nitrogen and oxygen atoms in total. The summed E-state index contributed by atoms with van der Waals surface area (Å²) in [6, 6.07) is 1.04. The van der Waals surface area contributed by atoms with Crippen molar-refractivity contribution in [3.63, 3.8) is 0 Å². The minimum absolute atomic E-state index is 0.215. The second-order valence-corrected chi connectivity index (χ2v) is 6.18. The van der Waals surface area contributed by atoms with E-state index < -0.39 is 0 Å². The summed E-state index contributed by atoms with van der Waals surface area (Å²) in [7, 11) is 0. The Kier molecular flexibility index (Phi) is 3.94. The first kappa shape index (κ1) is 12.7. The molecule has 1 fully saturated rings. The number of Topliss-reactive ketones (excluding diaryl/α,β-unsaturated/α-hetero) is 1. The molecule has 0 saturated carbocycles. The molecule has 1 saturated heterocycles. The summed E-state index contributed by atoms with van der Waals surface area (Å²) in [4.78, 5) is 19.2. The third kappa shape index (κ3) is 2.93. The van der Waals surface area contributed by atoms with Crippen LogP contribution >= 0.6 is 11.3 Å². The van der Waals surface area contributed by atoms with Crippen LogP contribution < -0.4 is 0 Å². The average molecular weight is 252 g/mol. The van der Waals surface area contributed by atoms with Crippen molar-refractivity contribution in [3.8, 4) is 0 Å². The van der Waals surface area contributed by atoms with Crippen LogP contribution in [0.4, 0.5) is 0 Å². The Bertz CT molecular complexity index is 400. The van der Waals surface area contributed by atoms with Crippen molar-refractivity contribution in [1.82, 2.24) is 9.88 Å². The summed E-state index contributed by atoms with van der Waals surface area (Å²) in [5.41, 5.74) is 0. The van der Waals surface area contributed by atoms with Gasteiger partial charge in [-0.15, -0.1) is 11.3 Å². The molecule has 2 rings (SSSR count). The Morgan fingerprint density at radius 1 is 1.65 bits per heavy atom. The Hall–Kier alpha value is -0.740. The van der Waals surface area contributed by atoms with E-state index in [0.29, 0.717) is 18.5 Å². The van der Waals surface area contributed by atoms with Crippen molar-refractivity contribution in [2.24, 2.45) is 0 Å². The highest BCUT2D eigenvalue weighted by atomic mass is 32.1. The summed E-state index contributed by atoms with van der Waals surface area (Å²) in [6.45, 7) is 7.28. The first-order valence-electron chi connectivity index (χ1n) is 6.27. The van der Waals surface area contributed by atoms with Crippen LogP contribution in [0, 0.1) is 0 Å². The van der Waals surface area contributed by atoms with Gasteiger partial charge in [-0.1, -0.05) is 0 Å². The van der Waals surface area contributed by atoms with Gasteiger partial charge in [0.15, 0.2) is 0 Å². The topological polar surface area (TPSA) is 33.2 Å². The van der Waals surface area contributed by atoms with Crippen molar-refractivity contribution in [3.05, 3.63) is 16.1 Å². The standard InChI is InChI=1S/C13H20N2OS/c1-9(2)15-6-4-5-12(15)13-14-8-11(17-13)7-10(3)16/h8-9,12H,4-7H2,1-3H3. The van der Waals surface area contributed by atoms with Crippen LogP contribution in [0.2, 0.25) is 0 Å². The van der Waals surface area contributed by atoms with E-state index in [0.717, 1.165) is 4.88 Å². The highest BCUT2D eigenvalue weighted by molar-refractivity contribution is 7.11. The lowest BCUT2D eigenvalue weighted by atomic mass is 10.2. The smallest absolute Gasteiger partial charge is 0.135 e. The first-order chi connectivity index (χ1) is 8.08. The molecular formula is C13H20N2OS. The molecule has 0 bridgehead atoms. The zero-order chi connectivity index (χ0) is 12.4. The van der Waals surface area contributed by atoms with Crippen LogP contribution in [-0.2, 0) is 11.2 Å². The van der Waals surface area contributed by atoms with E-state index in [4.69, 9.17) is 0 Å². The number of ketones is 1. The third-order valence-electron chi connectivity index (χ3n) is 3.24. The van der Waals surface area contributed by atoms with Crippen LogP contribution in [0.5, 0.6) is 0 Å². The molecule has 0 N–H and O–H groups in total. The van der Waals surface area contributed by atoms with Crippen molar-refractivity contribution in [1.29, 1.82) is 0 Å². The minimum Gasteiger partial charge on any atom is -0.300 e. The van der Waals surface area contributed by atoms with Gasteiger partial charge < -0.3 is 0 Å². The van der Waals surface area contributed by atoms with Crippen LogP contribution in [0.1, 0.15) is 49.5 Å². The van der Waals surface area contributed by atoms with Gasteiger partial charge in [0.05, 0.1) is 6.04 Å². The van der Waals surface area contributed by atoms with E-state index in [-0.39, 0.29) is 5.78 Å². The molecule has 17 heavy (non-hydrogen) atoms. The van der Waals surface area contributed by atoms with Gasteiger partial charge in [0.1, 0.15) is 10.8 Å².